The molecule has 1 aliphatic rings. The van der Waals surface area contributed by atoms with Crippen LogP contribution >= 0.6 is 0 Å². The van der Waals surface area contributed by atoms with Gasteiger partial charge in [0.25, 0.3) is 0 Å². The summed E-state index contributed by atoms with van der Waals surface area (Å²) in [6, 6.07) is 2.29. The number of hydrogen-bond acceptors (Lipinski definition) is 2. The minimum Gasteiger partial charge on any atom is -0.393 e. The predicted octanol–water partition coefficient (Wildman–Crippen LogP) is 2.84. The van der Waals surface area contributed by atoms with E-state index in [0.29, 0.717) is 18.5 Å². The Morgan fingerprint density at radius 1 is 1.32 bits per heavy atom. The standard InChI is InChI=1S/C14H18F3NO/c1-9(19)5-11-3-2-4-18(11)8-10-6-12(15)14(17)13(16)7-10/h6-7,9,11,19H,2-5,8H2,1H3. The highest BCUT2D eigenvalue weighted by molar-refractivity contribution is 5.19. The summed E-state index contributed by atoms with van der Waals surface area (Å²) in [5.74, 6) is -3.73. The molecule has 106 valence electrons. The van der Waals surface area contributed by atoms with E-state index in [9.17, 15) is 18.3 Å². The van der Waals surface area contributed by atoms with E-state index in [2.05, 4.69) is 4.90 Å². The maximum absolute atomic E-state index is 13.1. The van der Waals surface area contributed by atoms with Crippen LogP contribution in [0, 0.1) is 17.5 Å². The fraction of sp³-hybridized carbons (Fsp3) is 0.571. The average Bonchev–Trinajstić information content (AvgIpc) is 2.72. The van der Waals surface area contributed by atoms with Crippen LogP contribution in [-0.4, -0.2) is 28.7 Å². The number of hydrogen-bond donors (Lipinski definition) is 1. The first-order chi connectivity index (χ1) is 8.97. The van der Waals surface area contributed by atoms with E-state index in [1.165, 1.54) is 0 Å². The van der Waals surface area contributed by atoms with E-state index in [0.717, 1.165) is 31.5 Å². The molecule has 1 aliphatic heterocycles. The number of benzene rings is 1. The van der Waals surface area contributed by atoms with E-state index in [1.54, 1.807) is 6.92 Å². The zero-order valence-electron chi connectivity index (χ0n) is 10.9. The third-order valence-electron chi connectivity index (χ3n) is 3.54. The molecule has 2 nitrogen and oxygen atoms in total. The Morgan fingerprint density at radius 3 is 2.53 bits per heavy atom. The maximum atomic E-state index is 13.1. The van der Waals surface area contributed by atoms with Gasteiger partial charge in [-0.3, -0.25) is 4.90 Å². The van der Waals surface area contributed by atoms with Gasteiger partial charge in [0.2, 0.25) is 0 Å². The highest BCUT2D eigenvalue weighted by Crippen LogP contribution is 2.24. The summed E-state index contributed by atoms with van der Waals surface area (Å²) in [5, 5.41) is 9.43. The molecule has 1 heterocycles. The first-order valence-electron chi connectivity index (χ1n) is 6.53. The highest BCUT2D eigenvalue weighted by atomic mass is 19.2. The van der Waals surface area contributed by atoms with Crippen molar-refractivity contribution >= 4 is 0 Å². The number of aliphatic hydroxyl groups is 1. The zero-order valence-corrected chi connectivity index (χ0v) is 10.9. The molecule has 0 amide bonds. The number of aliphatic hydroxyl groups excluding tert-OH is 1. The van der Waals surface area contributed by atoms with Crippen molar-refractivity contribution in [1.82, 2.24) is 4.90 Å². The van der Waals surface area contributed by atoms with Gasteiger partial charge in [-0.25, -0.2) is 13.2 Å². The maximum Gasteiger partial charge on any atom is 0.194 e. The summed E-state index contributed by atoms with van der Waals surface area (Å²) in [6.45, 7) is 2.94. The largest absolute Gasteiger partial charge is 0.393 e. The lowest BCUT2D eigenvalue weighted by molar-refractivity contribution is 0.130. The predicted molar refractivity (Wildman–Crippen MR) is 66.0 cm³/mol. The van der Waals surface area contributed by atoms with Crippen LogP contribution < -0.4 is 0 Å². The lowest BCUT2D eigenvalue weighted by Gasteiger charge is -2.25. The molecule has 0 spiro atoms. The highest BCUT2D eigenvalue weighted by Gasteiger charge is 2.26. The van der Waals surface area contributed by atoms with Gasteiger partial charge in [-0.05, 0) is 50.4 Å². The molecule has 1 aromatic rings. The van der Waals surface area contributed by atoms with Crippen LogP contribution in [0.3, 0.4) is 0 Å². The first kappa shape index (κ1) is 14.3. The van der Waals surface area contributed by atoms with Gasteiger partial charge >= 0.3 is 0 Å². The van der Waals surface area contributed by atoms with Crippen molar-refractivity contribution in [2.45, 2.75) is 44.9 Å². The molecule has 1 aromatic carbocycles. The van der Waals surface area contributed by atoms with E-state index < -0.39 is 23.6 Å². The molecule has 0 aliphatic carbocycles. The van der Waals surface area contributed by atoms with Crippen molar-refractivity contribution in [3.05, 3.63) is 35.1 Å². The van der Waals surface area contributed by atoms with Crippen LogP contribution in [0.4, 0.5) is 13.2 Å². The minimum atomic E-state index is -1.43. The van der Waals surface area contributed by atoms with Crippen molar-refractivity contribution in [1.29, 1.82) is 0 Å². The summed E-state index contributed by atoms with van der Waals surface area (Å²) in [4.78, 5) is 2.08. The molecule has 5 heteroatoms. The van der Waals surface area contributed by atoms with Crippen LogP contribution in [0.15, 0.2) is 12.1 Å². The molecular formula is C14H18F3NO. The topological polar surface area (TPSA) is 23.5 Å². The third-order valence-corrected chi connectivity index (χ3v) is 3.54. The van der Waals surface area contributed by atoms with Crippen molar-refractivity contribution < 1.29 is 18.3 Å². The summed E-state index contributed by atoms with van der Waals surface area (Å²) in [7, 11) is 0. The SMILES string of the molecule is CC(O)CC1CCCN1Cc1cc(F)c(F)c(F)c1. The Hall–Kier alpha value is -1.07. The fourth-order valence-electron chi connectivity index (χ4n) is 2.70. The summed E-state index contributed by atoms with van der Waals surface area (Å²) in [6.07, 6.45) is 2.22. The molecule has 0 saturated carbocycles. The number of likely N-dealkylation sites (tertiary alicyclic amines) is 1. The van der Waals surface area contributed by atoms with E-state index in [4.69, 9.17) is 0 Å². The number of nitrogens with zero attached hydrogens (tertiary/aromatic N) is 1. The molecule has 2 rings (SSSR count). The van der Waals surface area contributed by atoms with Gasteiger partial charge < -0.3 is 5.11 Å². The molecule has 0 radical (unpaired) electrons. The second kappa shape index (κ2) is 5.92. The lowest BCUT2D eigenvalue weighted by Crippen LogP contribution is -2.31. The van der Waals surface area contributed by atoms with Gasteiger partial charge in [0, 0.05) is 12.6 Å². The van der Waals surface area contributed by atoms with Gasteiger partial charge in [-0.1, -0.05) is 0 Å². The molecular weight excluding hydrogens is 255 g/mol. The quantitative estimate of drug-likeness (QED) is 0.853. The second-order valence-electron chi connectivity index (χ2n) is 5.22. The molecule has 0 aromatic heterocycles. The van der Waals surface area contributed by atoms with Gasteiger partial charge in [-0.15, -0.1) is 0 Å². The summed E-state index contributed by atoms with van der Waals surface area (Å²) < 4.78 is 39.2. The molecule has 19 heavy (non-hydrogen) atoms. The Labute approximate surface area is 110 Å². The molecule has 1 saturated heterocycles. The van der Waals surface area contributed by atoms with Crippen LogP contribution in [-0.2, 0) is 6.54 Å². The van der Waals surface area contributed by atoms with Gasteiger partial charge in [-0.2, -0.15) is 0 Å². The van der Waals surface area contributed by atoms with Crippen LogP contribution in [0.25, 0.3) is 0 Å². The number of halogens is 3. The molecule has 1 fully saturated rings. The van der Waals surface area contributed by atoms with E-state index >= 15 is 0 Å². The summed E-state index contributed by atoms with van der Waals surface area (Å²) >= 11 is 0. The van der Waals surface area contributed by atoms with Crippen molar-refractivity contribution in [3.63, 3.8) is 0 Å². The van der Waals surface area contributed by atoms with Crippen molar-refractivity contribution in [3.8, 4) is 0 Å². The minimum absolute atomic E-state index is 0.219. The Balaban J connectivity index is 2.08. The normalized spacial score (nSPS) is 21.8. The third kappa shape index (κ3) is 3.48. The van der Waals surface area contributed by atoms with Crippen molar-refractivity contribution in [2.75, 3.05) is 6.54 Å². The molecule has 2 atom stereocenters. The zero-order chi connectivity index (χ0) is 14.0. The molecule has 2 unspecified atom stereocenters. The van der Waals surface area contributed by atoms with Gasteiger partial charge in [0.15, 0.2) is 17.5 Å². The second-order valence-corrected chi connectivity index (χ2v) is 5.22. The van der Waals surface area contributed by atoms with Crippen molar-refractivity contribution in [2.24, 2.45) is 0 Å². The monoisotopic (exact) mass is 273 g/mol. The average molecular weight is 273 g/mol. The first-order valence-corrected chi connectivity index (χ1v) is 6.53. The Bertz CT molecular complexity index is 427. The summed E-state index contributed by atoms with van der Waals surface area (Å²) in [5.41, 5.74) is 0.425. The molecule has 0 bridgehead atoms. The fourth-order valence-corrected chi connectivity index (χ4v) is 2.70. The Morgan fingerprint density at radius 2 is 1.95 bits per heavy atom. The number of rotatable bonds is 4. The van der Waals surface area contributed by atoms with Crippen LogP contribution in [0.2, 0.25) is 0 Å². The van der Waals surface area contributed by atoms with Crippen LogP contribution in [0.1, 0.15) is 31.7 Å². The van der Waals surface area contributed by atoms with E-state index in [1.807, 2.05) is 0 Å². The lowest BCUT2D eigenvalue weighted by atomic mass is 10.1. The Kier molecular flexibility index (Phi) is 4.47. The van der Waals surface area contributed by atoms with Gasteiger partial charge in [0.05, 0.1) is 6.10 Å². The van der Waals surface area contributed by atoms with Crippen LogP contribution in [0.5, 0.6) is 0 Å². The van der Waals surface area contributed by atoms with Gasteiger partial charge in [0.1, 0.15) is 0 Å². The molecule has 1 N–H and O–H groups in total. The smallest absolute Gasteiger partial charge is 0.194 e. The van der Waals surface area contributed by atoms with E-state index in [-0.39, 0.29) is 6.04 Å².